The van der Waals surface area contributed by atoms with Crippen molar-refractivity contribution in [2.24, 2.45) is 0 Å². The van der Waals surface area contributed by atoms with Gasteiger partial charge >= 0.3 is 0 Å². The lowest BCUT2D eigenvalue weighted by Gasteiger charge is -2.00. The van der Waals surface area contributed by atoms with E-state index in [1.165, 1.54) is 0 Å². The van der Waals surface area contributed by atoms with Gasteiger partial charge in [-0.15, -0.1) is 0 Å². The maximum Gasteiger partial charge on any atom is 0.242 e. The topological polar surface area (TPSA) is 60.2 Å². The minimum absolute atomic E-state index is 0.253. The Hall–Kier alpha value is -1.19. The molecular weight excluding hydrogens is 230 g/mol. The molecule has 103 valence electrons. The molecule has 0 aromatic rings. The van der Waals surface area contributed by atoms with Crippen molar-refractivity contribution < 1.29 is 9.72 Å². The standard InChI is InChI=1S/C14H24NO3/c1-2-3-8-11-14(15(17)18)12-9-6-4-5-7-10-13-16/h11H,2-10,12H2,1H3/b14-11-. The number of carbonyl (C=O) groups excluding carboxylic acids is 1. The van der Waals surface area contributed by atoms with Gasteiger partial charge in [-0.2, -0.15) is 0 Å². The monoisotopic (exact) mass is 254 g/mol. The first-order valence-electron chi connectivity index (χ1n) is 6.90. The highest BCUT2D eigenvalue weighted by atomic mass is 16.6. The van der Waals surface area contributed by atoms with Crippen LogP contribution >= 0.6 is 0 Å². The largest absolute Gasteiger partial charge is 0.291 e. The molecule has 0 aromatic heterocycles. The molecule has 0 amide bonds. The van der Waals surface area contributed by atoms with Crippen LogP contribution in [-0.2, 0) is 4.79 Å². The van der Waals surface area contributed by atoms with Crippen LogP contribution in [0, 0.1) is 10.1 Å². The van der Waals surface area contributed by atoms with Crippen molar-refractivity contribution in [2.45, 2.75) is 71.1 Å². The van der Waals surface area contributed by atoms with E-state index in [-0.39, 0.29) is 4.92 Å². The molecular formula is C14H24NO3. The van der Waals surface area contributed by atoms with Crippen LogP contribution in [0.3, 0.4) is 0 Å². The fraction of sp³-hybridized carbons (Fsp3) is 0.786. The summed E-state index contributed by atoms with van der Waals surface area (Å²) in [5, 5.41) is 10.8. The molecule has 1 radical (unpaired) electrons. The Kier molecular flexibility index (Phi) is 11.5. The van der Waals surface area contributed by atoms with Crippen LogP contribution in [0.2, 0.25) is 0 Å². The molecule has 0 saturated carbocycles. The summed E-state index contributed by atoms with van der Waals surface area (Å²) in [5.74, 6) is 0. The van der Waals surface area contributed by atoms with E-state index in [9.17, 15) is 14.9 Å². The number of unbranched alkanes of at least 4 members (excludes halogenated alkanes) is 7. The molecule has 0 N–H and O–H groups in total. The second-order valence-corrected chi connectivity index (χ2v) is 4.51. The van der Waals surface area contributed by atoms with Gasteiger partial charge in [0.15, 0.2) is 6.29 Å². The first-order valence-corrected chi connectivity index (χ1v) is 6.90. The van der Waals surface area contributed by atoms with Gasteiger partial charge in [-0.1, -0.05) is 32.6 Å². The minimum Gasteiger partial charge on any atom is -0.291 e. The van der Waals surface area contributed by atoms with Gasteiger partial charge in [-0.05, 0) is 31.8 Å². The van der Waals surface area contributed by atoms with Crippen LogP contribution in [0.1, 0.15) is 71.1 Å². The van der Waals surface area contributed by atoms with E-state index in [1.807, 2.05) is 6.29 Å². The zero-order valence-electron chi connectivity index (χ0n) is 11.3. The number of hydrogen-bond acceptors (Lipinski definition) is 3. The Balaban J connectivity index is 3.67. The van der Waals surface area contributed by atoms with Crippen LogP contribution < -0.4 is 0 Å². The quantitative estimate of drug-likeness (QED) is 0.298. The SMILES string of the molecule is CCCC/C=C(/CCCCCCC[C]=O)[N+](=O)[O-]. The van der Waals surface area contributed by atoms with E-state index in [1.54, 1.807) is 6.08 Å². The molecule has 0 atom stereocenters. The molecule has 0 rings (SSSR count). The molecule has 0 heterocycles. The average molecular weight is 254 g/mol. The summed E-state index contributed by atoms with van der Waals surface area (Å²) in [6.07, 6.45) is 12.4. The molecule has 0 aliphatic rings. The van der Waals surface area contributed by atoms with Crippen LogP contribution in [0.5, 0.6) is 0 Å². The van der Waals surface area contributed by atoms with Crippen molar-refractivity contribution in [1.82, 2.24) is 0 Å². The van der Waals surface area contributed by atoms with Crippen LogP contribution in [0.15, 0.2) is 11.8 Å². The highest BCUT2D eigenvalue weighted by Gasteiger charge is 2.08. The highest BCUT2D eigenvalue weighted by molar-refractivity contribution is 5.50. The van der Waals surface area contributed by atoms with Gasteiger partial charge in [-0.3, -0.25) is 14.9 Å². The second kappa shape index (κ2) is 12.3. The Morgan fingerprint density at radius 1 is 1.17 bits per heavy atom. The molecule has 0 spiro atoms. The van der Waals surface area contributed by atoms with Crippen molar-refractivity contribution in [3.05, 3.63) is 21.9 Å². The highest BCUT2D eigenvalue weighted by Crippen LogP contribution is 2.13. The smallest absolute Gasteiger partial charge is 0.242 e. The van der Waals surface area contributed by atoms with Gasteiger partial charge in [0, 0.05) is 12.8 Å². The lowest BCUT2D eigenvalue weighted by molar-refractivity contribution is -0.428. The summed E-state index contributed by atoms with van der Waals surface area (Å²) in [6, 6.07) is 0. The second-order valence-electron chi connectivity index (χ2n) is 4.51. The van der Waals surface area contributed by atoms with E-state index >= 15 is 0 Å². The summed E-state index contributed by atoms with van der Waals surface area (Å²) in [6.45, 7) is 2.08. The normalized spacial score (nSPS) is 11.5. The van der Waals surface area contributed by atoms with Crippen LogP contribution in [0.25, 0.3) is 0 Å². The maximum atomic E-state index is 10.8. The first kappa shape index (κ1) is 16.8. The maximum absolute atomic E-state index is 10.8. The van der Waals surface area contributed by atoms with Crippen LogP contribution in [0.4, 0.5) is 0 Å². The summed E-state index contributed by atoms with van der Waals surface area (Å²) < 4.78 is 0. The molecule has 0 aliphatic carbocycles. The number of rotatable bonds is 12. The predicted octanol–water partition coefficient (Wildman–Crippen LogP) is 4.18. The van der Waals surface area contributed by atoms with E-state index in [2.05, 4.69) is 6.92 Å². The summed E-state index contributed by atoms with van der Waals surface area (Å²) in [7, 11) is 0. The van der Waals surface area contributed by atoms with E-state index in [0.717, 1.165) is 51.4 Å². The molecule has 0 bridgehead atoms. The lowest BCUT2D eigenvalue weighted by atomic mass is 10.1. The van der Waals surface area contributed by atoms with Crippen molar-refractivity contribution >= 4 is 6.29 Å². The Bertz CT molecular complexity index is 262. The third kappa shape index (κ3) is 10.00. The number of hydrogen-bond donors (Lipinski definition) is 0. The average Bonchev–Trinajstić information content (AvgIpc) is 2.35. The molecule has 0 unspecified atom stereocenters. The van der Waals surface area contributed by atoms with Crippen LogP contribution in [-0.4, -0.2) is 11.2 Å². The predicted molar refractivity (Wildman–Crippen MR) is 72.6 cm³/mol. The third-order valence-electron chi connectivity index (χ3n) is 2.88. The molecule has 0 saturated heterocycles. The third-order valence-corrected chi connectivity index (χ3v) is 2.88. The summed E-state index contributed by atoms with van der Waals surface area (Å²) in [5.41, 5.74) is 0.365. The van der Waals surface area contributed by atoms with Crippen molar-refractivity contribution in [1.29, 1.82) is 0 Å². The van der Waals surface area contributed by atoms with Crippen molar-refractivity contribution in [3.8, 4) is 0 Å². The minimum atomic E-state index is -0.253. The number of allylic oxidation sites excluding steroid dienone is 2. The number of nitrogens with zero attached hydrogens (tertiary/aromatic N) is 1. The first-order chi connectivity index (χ1) is 8.72. The molecule has 4 heteroatoms. The number of nitro groups is 1. The van der Waals surface area contributed by atoms with Gasteiger partial charge in [0.2, 0.25) is 5.70 Å². The molecule has 18 heavy (non-hydrogen) atoms. The summed E-state index contributed by atoms with van der Waals surface area (Å²) >= 11 is 0. The zero-order valence-corrected chi connectivity index (χ0v) is 11.3. The van der Waals surface area contributed by atoms with Gasteiger partial charge in [0.1, 0.15) is 0 Å². The summed E-state index contributed by atoms with van der Waals surface area (Å²) in [4.78, 5) is 20.5. The van der Waals surface area contributed by atoms with E-state index in [4.69, 9.17) is 0 Å². The Morgan fingerprint density at radius 2 is 1.83 bits per heavy atom. The molecule has 4 nitrogen and oxygen atoms in total. The van der Waals surface area contributed by atoms with Gasteiger partial charge in [0.25, 0.3) is 0 Å². The molecule has 0 aromatic carbocycles. The Labute approximate surface area is 110 Å². The Morgan fingerprint density at radius 3 is 2.44 bits per heavy atom. The van der Waals surface area contributed by atoms with E-state index < -0.39 is 0 Å². The van der Waals surface area contributed by atoms with Gasteiger partial charge in [-0.25, -0.2) is 0 Å². The van der Waals surface area contributed by atoms with Crippen molar-refractivity contribution in [3.63, 3.8) is 0 Å². The molecule has 0 fully saturated rings. The van der Waals surface area contributed by atoms with Gasteiger partial charge in [0.05, 0.1) is 4.92 Å². The van der Waals surface area contributed by atoms with Gasteiger partial charge < -0.3 is 0 Å². The zero-order chi connectivity index (χ0) is 13.6. The molecule has 0 aliphatic heterocycles. The van der Waals surface area contributed by atoms with Crippen molar-refractivity contribution in [2.75, 3.05) is 0 Å². The fourth-order valence-electron chi connectivity index (χ4n) is 1.77. The van der Waals surface area contributed by atoms with E-state index in [0.29, 0.717) is 18.5 Å². The fourth-order valence-corrected chi connectivity index (χ4v) is 1.77. The lowest BCUT2D eigenvalue weighted by Crippen LogP contribution is -1.99.